The zero-order chi connectivity index (χ0) is 21.0. The van der Waals surface area contributed by atoms with E-state index < -0.39 is 11.7 Å². The number of rotatable bonds is 5. The summed E-state index contributed by atoms with van der Waals surface area (Å²) >= 11 is 0. The van der Waals surface area contributed by atoms with Crippen molar-refractivity contribution in [3.63, 3.8) is 0 Å². The number of anilines is 1. The topological polar surface area (TPSA) is 54.9 Å². The molecule has 1 fully saturated rings. The molecule has 156 valence electrons. The molecule has 0 N–H and O–H groups in total. The molecule has 1 aliphatic rings. The summed E-state index contributed by atoms with van der Waals surface area (Å²) in [6.07, 6.45) is -3.57. The summed E-state index contributed by atoms with van der Waals surface area (Å²) in [5.74, 6) is 1.40. The third-order valence-corrected chi connectivity index (χ3v) is 4.68. The monoisotopic (exact) mass is 409 g/mol. The number of hydrogen-bond acceptors (Lipinski definition) is 5. The number of alkyl halides is 3. The van der Waals surface area contributed by atoms with Crippen LogP contribution in [0.4, 0.5) is 19.0 Å². The first-order valence-electron chi connectivity index (χ1n) is 9.21. The molecule has 1 aromatic heterocycles. The predicted octanol–water partition coefficient (Wildman–Crippen LogP) is 3.47. The Bertz CT molecular complexity index is 848. The Balaban J connectivity index is 1.64. The summed E-state index contributed by atoms with van der Waals surface area (Å²) in [6, 6.07) is 7.43. The normalized spacial score (nSPS) is 14.7. The number of amides is 1. The molecule has 0 spiro atoms. The molecule has 9 heteroatoms. The average Bonchev–Trinajstić information content (AvgIpc) is 2.73. The molecular weight excluding hydrogens is 387 g/mol. The van der Waals surface area contributed by atoms with E-state index in [1.807, 2.05) is 11.8 Å². The van der Waals surface area contributed by atoms with Crippen LogP contribution in [0.1, 0.15) is 22.8 Å². The summed E-state index contributed by atoms with van der Waals surface area (Å²) in [4.78, 5) is 20.3. The number of hydrogen-bond donors (Lipinski definition) is 0. The first-order valence-corrected chi connectivity index (χ1v) is 9.21. The molecule has 0 bridgehead atoms. The quantitative estimate of drug-likeness (QED) is 0.757. The van der Waals surface area contributed by atoms with E-state index in [0.717, 1.165) is 12.3 Å². The molecule has 0 atom stereocenters. The number of carbonyl (C=O) groups excluding carboxylic acids is 1. The molecule has 6 nitrogen and oxygen atoms in total. The number of piperazine rings is 1. The van der Waals surface area contributed by atoms with Gasteiger partial charge < -0.3 is 19.3 Å². The number of nitrogens with zero attached hydrogens (tertiary/aromatic N) is 3. The van der Waals surface area contributed by atoms with Gasteiger partial charge in [0, 0.05) is 37.9 Å². The molecule has 0 saturated carbocycles. The van der Waals surface area contributed by atoms with Gasteiger partial charge in [-0.05, 0) is 37.3 Å². The Morgan fingerprint density at radius 1 is 1.10 bits per heavy atom. The minimum absolute atomic E-state index is 0.133. The highest BCUT2D eigenvalue weighted by Crippen LogP contribution is 2.30. The van der Waals surface area contributed by atoms with E-state index in [9.17, 15) is 18.0 Å². The van der Waals surface area contributed by atoms with E-state index in [1.54, 1.807) is 23.1 Å². The van der Waals surface area contributed by atoms with Gasteiger partial charge in [0.15, 0.2) is 11.5 Å². The summed E-state index contributed by atoms with van der Waals surface area (Å²) in [5, 5.41) is 0. The van der Waals surface area contributed by atoms with E-state index in [2.05, 4.69) is 4.98 Å². The highest BCUT2D eigenvalue weighted by atomic mass is 19.4. The van der Waals surface area contributed by atoms with Gasteiger partial charge >= 0.3 is 6.18 Å². The third-order valence-electron chi connectivity index (χ3n) is 4.68. The lowest BCUT2D eigenvalue weighted by Gasteiger charge is -2.35. The molecule has 0 radical (unpaired) electrons. The Labute approximate surface area is 166 Å². The third kappa shape index (κ3) is 4.72. The summed E-state index contributed by atoms with van der Waals surface area (Å²) < 4.78 is 48.8. The Hall–Kier alpha value is -2.97. The zero-order valence-electron chi connectivity index (χ0n) is 16.2. The zero-order valence-corrected chi connectivity index (χ0v) is 16.2. The molecule has 1 aromatic carbocycles. The van der Waals surface area contributed by atoms with Gasteiger partial charge in [0.25, 0.3) is 5.91 Å². The first-order chi connectivity index (χ1) is 13.8. The second-order valence-electron chi connectivity index (χ2n) is 6.48. The van der Waals surface area contributed by atoms with Crippen LogP contribution in [0.3, 0.4) is 0 Å². The molecule has 2 heterocycles. The van der Waals surface area contributed by atoms with E-state index in [-0.39, 0.29) is 5.91 Å². The van der Waals surface area contributed by atoms with Crippen molar-refractivity contribution < 1.29 is 27.4 Å². The maximum Gasteiger partial charge on any atom is 0.417 e. The fraction of sp³-hybridized carbons (Fsp3) is 0.400. The van der Waals surface area contributed by atoms with Crippen molar-refractivity contribution in [2.75, 3.05) is 44.8 Å². The largest absolute Gasteiger partial charge is 0.493 e. The average molecular weight is 409 g/mol. The Morgan fingerprint density at radius 2 is 1.83 bits per heavy atom. The second-order valence-corrected chi connectivity index (χ2v) is 6.48. The van der Waals surface area contributed by atoms with Crippen molar-refractivity contribution in [2.24, 2.45) is 0 Å². The summed E-state index contributed by atoms with van der Waals surface area (Å²) in [6.45, 7) is 4.21. The van der Waals surface area contributed by atoms with Crippen molar-refractivity contribution >= 4 is 11.7 Å². The van der Waals surface area contributed by atoms with Gasteiger partial charge in [-0.25, -0.2) is 4.98 Å². The lowest BCUT2D eigenvalue weighted by atomic mass is 10.1. The van der Waals surface area contributed by atoms with E-state index in [0.29, 0.717) is 55.7 Å². The van der Waals surface area contributed by atoms with Crippen molar-refractivity contribution in [1.82, 2.24) is 9.88 Å². The van der Waals surface area contributed by atoms with Crippen LogP contribution < -0.4 is 14.4 Å². The van der Waals surface area contributed by atoms with Crippen LogP contribution >= 0.6 is 0 Å². The van der Waals surface area contributed by atoms with Gasteiger partial charge in [0.05, 0.1) is 19.3 Å². The van der Waals surface area contributed by atoms with Gasteiger partial charge in [-0.2, -0.15) is 13.2 Å². The molecule has 1 aliphatic heterocycles. The fourth-order valence-electron chi connectivity index (χ4n) is 3.14. The highest BCUT2D eigenvalue weighted by molar-refractivity contribution is 5.95. The molecule has 29 heavy (non-hydrogen) atoms. The number of methoxy groups -OCH3 is 1. The lowest BCUT2D eigenvalue weighted by Crippen LogP contribution is -2.49. The maximum atomic E-state index is 12.8. The molecular formula is C20H22F3N3O3. The molecule has 0 aliphatic carbocycles. The molecule has 1 amide bonds. The first kappa shape index (κ1) is 20.8. The standard InChI is InChI=1S/C20H22F3N3O3/c1-3-29-16-6-4-14(12-17(16)28-2)19(27)26-10-8-25(9-11-26)18-7-5-15(13-24-18)20(21,22)23/h4-7,12-13H,3,8-11H2,1-2H3. The minimum Gasteiger partial charge on any atom is -0.493 e. The Kier molecular flexibility index (Phi) is 6.14. The lowest BCUT2D eigenvalue weighted by molar-refractivity contribution is -0.137. The van der Waals surface area contributed by atoms with E-state index in [1.165, 1.54) is 13.2 Å². The van der Waals surface area contributed by atoms with E-state index in [4.69, 9.17) is 9.47 Å². The Morgan fingerprint density at radius 3 is 2.38 bits per heavy atom. The van der Waals surface area contributed by atoms with Crippen molar-refractivity contribution in [3.8, 4) is 11.5 Å². The number of benzene rings is 1. The van der Waals surface area contributed by atoms with Crippen molar-refractivity contribution in [3.05, 3.63) is 47.7 Å². The van der Waals surface area contributed by atoms with Crippen molar-refractivity contribution in [1.29, 1.82) is 0 Å². The van der Waals surface area contributed by atoms with Crippen LogP contribution in [0.2, 0.25) is 0 Å². The number of halogens is 3. The van der Waals surface area contributed by atoms with Crippen LogP contribution in [0.15, 0.2) is 36.5 Å². The van der Waals surface area contributed by atoms with Gasteiger partial charge in [0.2, 0.25) is 0 Å². The van der Waals surface area contributed by atoms with Gasteiger partial charge in [-0.15, -0.1) is 0 Å². The molecule has 3 rings (SSSR count). The SMILES string of the molecule is CCOc1ccc(C(=O)N2CCN(c3ccc(C(F)(F)F)cn3)CC2)cc1OC. The second kappa shape index (κ2) is 8.59. The van der Waals surface area contributed by atoms with Crippen molar-refractivity contribution in [2.45, 2.75) is 13.1 Å². The molecule has 0 unspecified atom stereocenters. The van der Waals surface area contributed by atoms with Gasteiger partial charge in [-0.1, -0.05) is 0 Å². The van der Waals surface area contributed by atoms with Gasteiger partial charge in [0.1, 0.15) is 5.82 Å². The summed E-state index contributed by atoms with van der Waals surface area (Å²) in [7, 11) is 1.52. The number of ether oxygens (including phenoxy) is 2. The molecule has 2 aromatic rings. The fourth-order valence-corrected chi connectivity index (χ4v) is 3.14. The van der Waals surface area contributed by atoms with Gasteiger partial charge in [-0.3, -0.25) is 4.79 Å². The van der Waals surface area contributed by atoms with Crippen LogP contribution in [0, 0.1) is 0 Å². The molecule has 1 saturated heterocycles. The predicted molar refractivity (Wildman–Crippen MR) is 102 cm³/mol. The summed E-state index contributed by atoms with van der Waals surface area (Å²) in [5.41, 5.74) is -0.286. The van der Waals surface area contributed by atoms with E-state index >= 15 is 0 Å². The minimum atomic E-state index is -4.41. The van der Waals surface area contributed by atoms with Crippen LogP contribution in [0.5, 0.6) is 11.5 Å². The number of pyridine rings is 1. The number of carbonyl (C=O) groups is 1. The van der Waals surface area contributed by atoms with Crippen LogP contribution in [-0.2, 0) is 6.18 Å². The number of aromatic nitrogens is 1. The smallest absolute Gasteiger partial charge is 0.417 e. The van der Waals surface area contributed by atoms with Crippen LogP contribution in [0.25, 0.3) is 0 Å². The maximum absolute atomic E-state index is 12.8. The van der Waals surface area contributed by atoms with Crippen LogP contribution in [-0.4, -0.2) is 55.7 Å². The highest BCUT2D eigenvalue weighted by Gasteiger charge is 2.31.